The maximum absolute atomic E-state index is 12.1. The molecule has 0 bridgehead atoms. The lowest BCUT2D eigenvalue weighted by atomic mass is 10.2. The number of hydrogen-bond donors (Lipinski definition) is 0. The van der Waals surface area contributed by atoms with Gasteiger partial charge in [-0.25, -0.2) is 14.5 Å². The third-order valence-electron chi connectivity index (χ3n) is 2.93. The molecule has 0 radical (unpaired) electrons. The van der Waals surface area contributed by atoms with Gasteiger partial charge in [-0.15, -0.1) is 16.4 Å². The van der Waals surface area contributed by atoms with Gasteiger partial charge in [-0.1, -0.05) is 5.21 Å². The van der Waals surface area contributed by atoms with Crippen LogP contribution in [0.1, 0.15) is 52.5 Å². The van der Waals surface area contributed by atoms with E-state index in [0.29, 0.717) is 12.2 Å². The van der Waals surface area contributed by atoms with Crippen LogP contribution in [0, 0.1) is 20.8 Å². The zero-order chi connectivity index (χ0) is 15.8. The van der Waals surface area contributed by atoms with Gasteiger partial charge in [-0.2, -0.15) is 0 Å². The van der Waals surface area contributed by atoms with Crippen molar-refractivity contribution in [1.82, 2.24) is 20.0 Å². The van der Waals surface area contributed by atoms with Gasteiger partial charge >= 0.3 is 5.97 Å². The van der Waals surface area contributed by atoms with E-state index in [4.69, 9.17) is 4.74 Å². The molecule has 0 saturated heterocycles. The molecule has 0 aliphatic rings. The minimum absolute atomic E-state index is 0.259. The van der Waals surface area contributed by atoms with Crippen LogP contribution in [0.5, 0.6) is 0 Å². The molecule has 2 aromatic heterocycles. The van der Waals surface area contributed by atoms with E-state index in [2.05, 4.69) is 15.3 Å². The molecule has 2 aromatic rings. The second-order valence-electron chi connectivity index (χ2n) is 5.93. The second-order valence-corrected chi connectivity index (χ2v) is 7.22. The predicted octanol–water partition coefficient (Wildman–Crippen LogP) is 2.66. The van der Waals surface area contributed by atoms with Gasteiger partial charge in [-0.05, 0) is 41.5 Å². The number of thiazole rings is 1. The average molecular weight is 308 g/mol. The first-order valence-corrected chi connectivity index (χ1v) is 7.55. The molecule has 7 heteroatoms. The fourth-order valence-corrected chi connectivity index (χ4v) is 2.68. The Balaban J connectivity index is 2.19. The molecule has 0 unspecified atom stereocenters. The van der Waals surface area contributed by atoms with Crippen molar-refractivity contribution in [3.8, 4) is 0 Å². The molecule has 6 nitrogen and oxygen atoms in total. The van der Waals surface area contributed by atoms with E-state index in [1.54, 1.807) is 16.0 Å². The molecule has 0 atom stereocenters. The van der Waals surface area contributed by atoms with Crippen LogP contribution in [0.4, 0.5) is 0 Å². The summed E-state index contributed by atoms with van der Waals surface area (Å²) in [5.41, 5.74) is 1.43. The quantitative estimate of drug-likeness (QED) is 0.815. The lowest BCUT2D eigenvalue weighted by Crippen LogP contribution is -2.24. The van der Waals surface area contributed by atoms with Crippen LogP contribution < -0.4 is 0 Å². The van der Waals surface area contributed by atoms with Gasteiger partial charge in [0.1, 0.15) is 10.6 Å². The second kappa shape index (κ2) is 5.55. The van der Waals surface area contributed by atoms with Crippen molar-refractivity contribution in [2.24, 2.45) is 0 Å². The van der Waals surface area contributed by atoms with E-state index in [9.17, 15) is 4.79 Å². The molecular weight excluding hydrogens is 288 g/mol. The van der Waals surface area contributed by atoms with E-state index in [1.165, 1.54) is 4.88 Å². The van der Waals surface area contributed by atoms with Crippen molar-refractivity contribution in [2.45, 2.75) is 53.7 Å². The van der Waals surface area contributed by atoms with E-state index in [-0.39, 0.29) is 5.69 Å². The normalized spacial score (nSPS) is 11.7. The van der Waals surface area contributed by atoms with E-state index in [1.807, 2.05) is 41.5 Å². The first-order valence-electron chi connectivity index (χ1n) is 6.73. The number of esters is 1. The van der Waals surface area contributed by atoms with Crippen molar-refractivity contribution >= 4 is 17.3 Å². The number of aryl methyl sites for hydroxylation is 2. The van der Waals surface area contributed by atoms with Crippen molar-refractivity contribution in [3.05, 3.63) is 27.0 Å². The highest BCUT2D eigenvalue weighted by Crippen LogP contribution is 2.19. The van der Waals surface area contributed by atoms with Crippen LogP contribution >= 0.6 is 11.3 Å². The molecule has 0 spiro atoms. The summed E-state index contributed by atoms with van der Waals surface area (Å²) in [6.07, 6.45) is 0. The Hall–Kier alpha value is -1.76. The molecule has 0 N–H and O–H groups in total. The van der Waals surface area contributed by atoms with Gasteiger partial charge in [0.2, 0.25) is 0 Å². The first kappa shape index (κ1) is 15.6. The minimum atomic E-state index is -0.545. The van der Waals surface area contributed by atoms with Gasteiger partial charge in [0.05, 0.1) is 17.9 Å². The van der Waals surface area contributed by atoms with Gasteiger partial charge in [0.25, 0.3) is 0 Å². The number of rotatable bonds is 3. The standard InChI is InChI=1S/C14H20N4O2S/c1-8-10(3)21-11(15-8)7-18-9(2)12(16-17-18)13(19)20-14(4,5)6/h7H2,1-6H3. The summed E-state index contributed by atoms with van der Waals surface area (Å²) in [7, 11) is 0. The maximum atomic E-state index is 12.1. The fourth-order valence-electron chi connectivity index (χ4n) is 1.76. The molecule has 21 heavy (non-hydrogen) atoms. The van der Waals surface area contributed by atoms with E-state index >= 15 is 0 Å². The van der Waals surface area contributed by atoms with Gasteiger partial charge < -0.3 is 4.74 Å². The van der Waals surface area contributed by atoms with Crippen LogP contribution in [0.25, 0.3) is 0 Å². The SMILES string of the molecule is Cc1nc(Cn2nnc(C(=O)OC(C)(C)C)c2C)sc1C. The van der Waals surface area contributed by atoms with Crippen LogP contribution in [-0.4, -0.2) is 31.5 Å². The summed E-state index contributed by atoms with van der Waals surface area (Å²) in [5, 5.41) is 8.93. The number of nitrogens with zero attached hydrogens (tertiary/aromatic N) is 4. The average Bonchev–Trinajstić information content (AvgIpc) is 2.82. The number of carbonyl (C=O) groups is 1. The Labute approximate surface area is 128 Å². The van der Waals surface area contributed by atoms with Gasteiger partial charge in [0.15, 0.2) is 5.69 Å². The lowest BCUT2D eigenvalue weighted by molar-refractivity contribution is 0.00619. The monoisotopic (exact) mass is 308 g/mol. The zero-order valence-corrected chi connectivity index (χ0v) is 14.0. The molecule has 0 aliphatic carbocycles. The molecule has 0 fully saturated rings. The van der Waals surface area contributed by atoms with Crippen LogP contribution in [0.3, 0.4) is 0 Å². The summed E-state index contributed by atoms with van der Waals surface area (Å²) in [6.45, 7) is 11.8. The van der Waals surface area contributed by atoms with E-state index in [0.717, 1.165) is 10.7 Å². The summed E-state index contributed by atoms with van der Waals surface area (Å²) in [6, 6.07) is 0. The number of ether oxygens (including phenoxy) is 1. The Kier molecular flexibility index (Phi) is 4.13. The summed E-state index contributed by atoms with van der Waals surface area (Å²) in [4.78, 5) is 17.7. The molecule has 0 aromatic carbocycles. The summed E-state index contributed by atoms with van der Waals surface area (Å²) < 4.78 is 7.00. The van der Waals surface area contributed by atoms with E-state index < -0.39 is 11.6 Å². The largest absolute Gasteiger partial charge is 0.455 e. The highest BCUT2D eigenvalue weighted by molar-refractivity contribution is 7.11. The third kappa shape index (κ3) is 3.66. The Morgan fingerprint density at radius 3 is 2.48 bits per heavy atom. The molecule has 0 aliphatic heterocycles. The number of aromatic nitrogens is 4. The van der Waals surface area contributed by atoms with Gasteiger partial charge in [-0.3, -0.25) is 0 Å². The molecule has 0 amide bonds. The third-order valence-corrected chi connectivity index (χ3v) is 3.99. The van der Waals surface area contributed by atoms with Crippen molar-refractivity contribution in [2.75, 3.05) is 0 Å². The summed E-state index contributed by atoms with van der Waals surface area (Å²) in [5.74, 6) is -0.447. The highest BCUT2D eigenvalue weighted by atomic mass is 32.1. The van der Waals surface area contributed by atoms with Crippen molar-refractivity contribution < 1.29 is 9.53 Å². The predicted molar refractivity (Wildman–Crippen MR) is 80.6 cm³/mol. The minimum Gasteiger partial charge on any atom is -0.455 e. The molecular formula is C14H20N4O2S. The Morgan fingerprint density at radius 1 is 1.29 bits per heavy atom. The summed E-state index contributed by atoms with van der Waals surface area (Å²) >= 11 is 1.63. The van der Waals surface area contributed by atoms with Gasteiger partial charge in [0, 0.05) is 4.88 Å². The first-order chi connectivity index (χ1) is 9.67. The zero-order valence-electron chi connectivity index (χ0n) is 13.2. The maximum Gasteiger partial charge on any atom is 0.361 e. The molecule has 2 heterocycles. The smallest absolute Gasteiger partial charge is 0.361 e. The highest BCUT2D eigenvalue weighted by Gasteiger charge is 2.23. The van der Waals surface area contributed by atoms with Crippen molar-refractivity contribution in [1.29, 1.82) is 0 Å². The Bertz CT molecular complexity index is 648. The lowest BCUT2D eigenvalue weighted by Gasteiger charge is -2.18. The molecule has 2 rings (SSSR count). The van der Waals surface area contributed by atoms with Crippen LogP contribution in [-0.2, 0) is 11.3 Å². The number of hydrogen-bond acceptors (Lipinski definition) is 6. The Morgan fingerprint density at radius 2 is 1.95 bits per heavy atom. The molecule has 114 valence electrons. The topological polar surface area (TPSA) is 69.9 Å². The molecule has 0 saturated carbocycles. The van der Waals surface area contributed by atoms with Crippen molar-refractivity contribution in [3.63, 3.8) is 0 Å². The fraction of sp³-hybridized carbons (Fsp3) is 0.571. The van der Waals surface area contributed by atoms with Crippen LogP contribution in [0.15, 0.2) is 0 Å². The number of carbonyl (C=O) groups excluding carboxylic acids is 1. The van der Waals surface area contributed by atoms with Crippen LogP contribution in [0.2, 0.25) is 0 Å².